The van der Waals surface area contributed by atoms with Crippen LogP contribution in [0.3, 0.4) is 0 Å². The molecule has 0 saturated carbocycles. The second kappa shape index (κ2) is 7.02. The van der Waals surface area contributed by atoms with Crippen LogP contribution in [0.4, 0.5) is 0 Å². The third-order valence-corrected chi connectivity index (χ3v) is 5.38. The fourth-order valence-electron chi connectivity index (χ4n) is 4.04. The minimum atomic E-state index is 0.830. The molecule has 3 heteroatoms. The van der Waals surface area contributed by atoms with Gasteiger partial charge in [-0.25, -0.2) is 0 Å². The van der Waals surface area contributed by atoms with Crippen LogP contribution in [-0.2, 0) is 0 Å². The molecule has 1 N–H and O–H groups in total. The Balaban J connectivity index is 1.95. The molecule has 0 saturated heterocycles. The predicted octanol–water partition coefficient (Wildman–Crippen LogP) is 6.67. The second-order valence-corrected chi connectivity index (χ2v) is 7.05. The molecular formula is C26H21NO2. The number of aromatic nitrogens is 1. The van der Waals surface area contributed by atoms with Crippen LogP contribution in [0.2, 0.25) is 0 Å². The Bertz CT molecular complexity index is 1200. The summed E-state index contributed by atoms with van der Waals surface area (Å²) in [4.78, 5) is 3.59. The van der Waals surface area contributed by atoms with E-state index < -0.39 is 0 Å². The maximum atomic E-state index is 5.60. The third-order valence-electron chi connectivity index (χ3n) is 5.38. The van der Waals surface area contributed by atoms with Gasteiger partial charge in [-0.1, -0.05) is 60.7 Å². The zero-order valence-electron chi connectivity index (χ0n) is 16.4. The first-order valence-corrected chi connectivity index (χ1v) is 9.61. The number of hydrogen-bond acceptors (Lipinski definition) is 2. The summed E-state index contributed by atoms with van der Waals surface area (Å²) >= 11 is 0. The van der Waals surface area contributed by atoms with E-state index in [-0.39, 0.29) is 0 Å². The largest absolute Gasteiger partial charge is 0.497 e. The van der Waals surface area contributed by atoms with Crippen molar-refractivity contribution in [3.8, 4) is 33.8 Å². The Labute approximate surface area is 169 Å². The molecule has 0 atom stereocenters. The molecule has 0 amide bonds. The lowest BCUT2D eigenvalue weighted by molar-refractivity contribution is 0.415. The van der Waals surface area contributed by atoms with E-state index in [9.17, 15) is 0 Å². The molecular weight excluding hydrogens is 358 g/mol. The Hall–Kier alpha value is -3.72. The number of benzene rings is 4. The van der Waals surface area contributed by atoms with Crippen LogP contribution >= 0.6 is 0 Å². The Morgan fingerprint density at radius 3 is 1.34 bits per heavy atom. The maximum Gasteiger partial charge on any atom is 0.121 e. The summed E-state index contributed by atoms with van der Waals surface area (Å²) < 4.78 is 11.2. The second-order valence-electron chi connectivity index (χ2n) is 7.05. The summed E-state index contributed by atoms with van der Waals surface area (Å²) in [5, 5.41) is 2.38. The molecule has 5 rings (SSSR count). The first-order chi connectivity index (χ1) is 14.3. The predicted molar refractivity (Wildman–Crippen MR) is 120 cm³/mol. The average molecular weight is 379 g/mol. The number of H-pyrrole nitrogens is 1. The average Bonchev–Trinajstić information content (AvgIpc) is 3.17. The smallest absolute Gasteiger partial charge is 0.121 e. The van der Waals surface area contributed by atoms with Gasteiger partial charge in [0.1, 0.15) is 11.5 Å². The van der Waals surface area contributed by atoms with Crippen molar-refractivity contribution in [2.75, 3.05) is 14.2 Å². The molecule has 0 aliphatic carbocycles. The molecule has 1 aromatic heterocycles. The number of nitrogens with one attached hydrogen (secondary N) is 1. The van der Waals surface area contributed by atoms with E-state index in [1.165, 1.54) is 10.8 Å². The normalized spacial score (nSPS) is 11.1. The molecule has 1 heterocycles. The lowest BCUT2D eigenvalue weighted by Gasteiger charge is -2.11. The molecule has 0 spiro atoms. The van der Waals surface area contributed by atoms with E-state index in [0.29, 0.717) is 0 Å². The number of ether oxygens (including phenoxy) is 2. The van der Waals surface area contributed by atoms with Crippen molar-refractivity contribution in [3.63, 3.8) is 0 Å². The number of methoxy groups -OCH3 is 2. The van der Waals surface area contributed by atoms with Gasteiger partial charge in [-0.3, -0.25) is 0 Å². The SMILES string of the molecule is COc1cc(-c2ccccc2)c2c(c1)[nH]c1cc(OC)cc(-c3ccccc3)c12. The van der Waals surface area contributed by atoms with Gasteiger partial charge in [0.2, 0.25) is 0 Å². The minimum Gasteiger partial charge on any atom is -0.497 e. The summed E-state index contributed by atoms with van der Waals surface area (Å²) in [7, 11) is 3.41. The minimum absolute atomic E-state index is 0.830. The molecule has 0 aliphatic heterocycles. The molecule has 0 aliphatic rings. The van der Waals surface area contributed by atoms with E-state index in [1.54, 1.807) is 14.2 Å². The Kier molecular flexibility index (Phi) is 4.21. The van der Waals surface area contributed by atoms with Crippen LogP contribution in [0.25, 0.3) is 44.1 Å². The van der Waals surface area contributed by atoms with Crippen LogP contribution in [0, 0.1) is 0 Å². The van der Waals surface area contributed by atoms with Gasteiger partial charge in [0.05, 0.1) is 25.3 Å². The molecule has 0 radical (unpaired) electrons. The van der Waals surface area contributed by atoms with Crippen molar-refractivity contribution in [3.05, 3.63) is 84.9 Å². The lowest BCUT2D eigenvalue weighted by atomic mass is 9.94. The summed E-state index contributed by atoms with van der Waals surface area (Å²) in [6, 6.07) is 29.2. The van der Waals surface area contributed by atoms with Gasteiger partial charge in [-0.05, 0) is 34.4 Å². The van der Waals surface area contributed by atoms with Crippen LogP contribution in [-0.4, -0.2) is 19.2 Å². The number of hydrogen-bond donors (Lipinski definition) is 1. The van der Waals surface area contributed by atoms with Gasteiger partial charge in [0.15, 0.2) is 0 Å². The summed E-state index contributed by atoms with van der Waals surface area (Å²) in [6.45, 7) is 0. The van der Waals surface area contributed by atoms with Crippen LogP contribution in [0.15, 0.2) is 84.9 Å². The van der Waals surface area contributed by atoms with Crippen molar-refractivity contribution in [2.45, 2.75) is 0 Å². The van der Waals surface area contributed by atoms with Crippen molar-refractivity contribution in [1.29, 1.82) is 0 Å². The maximum absolute atomic E-state index is 5.60. The van der Waals surface area contributed by atoms with E-state index in [2.05, 4.69) is 77.8 Å². The molecule has 29 heavy (non-hydrogen) atoms. The number of fused-ring (bicyclic) bond motifs is 3. The first-order valence-electron chi connectivity index (χ1n) is 9.61. The summed E-state index contributed by atoms with van der Waals surface area (Å²) in [6.07, 6.45) is 0. The van der Waals surface area contributed by atoms with Gasteiger partial charge in [0.25, 0.3) is 0 Å². The number of aromatic amines is 1. The zero-order valence-corrected chi connectivity index (χ0v) is 16.4. The summed E-state index contributed by atoms with van der Waals surface area (Å²) in [5.74, 6) is 1.66. The van der Waals surface area contributed by atoms with E-state index in [1.807, 2.05) is 12.1 Å². The highest BCUT2D eigenvalue weighted by molar-refractivity contribution is 6.20. The molecule has 142 valence electrons. The highest BCUT2D eigenvalue weighted by atomic mass is 16.5. The molecule has 0 bridgehead atoms. The molecule has 3 nitrogen and oxygen atoms in total. The van der Waals surface area contributed by atoms with Gasteiger partial charge < -0.3 is 14.5 Å². The molecule has 0 unspecified atom stereocenters. The van der Waals surface area contributed by atoms with Crippen molar-refractivity contribution in [2.24, 2.45) is 0 Å². The topological polar surface area (TPSA) is 34.2 Å². The van der Waals surface area contributed by atoms with Crippen molar-refractivity contribution in [1.82, 2.24) is 4.98 Å². The van der Waals surface area contributed by atoms with Gasteiger partial charge in [-0.2, -0.15) is 0 Å². The molecule has 4 aromatic carbocycles. The highest BCUT2D eigenvalue weighted by Crippen LogP contribution is 2.43. The molecule has 0 fully saturated rings. The van der Waals surface area contributed by atoms with E-state index >= 15 is 0 Å². The highest BCUT2D eigenvalue weighted by Gasteiger charge is 2.17. The fourth-order valence-corrected chi connectivity index (χ4v) is 4.04. The van der Waals surface area contributed by atoms with E-state index in [4.69, 9.17) is 9.47 Å². The van der Waals surface area contributed by atoms with Crippen LogP contribution in [0.5, 0.6) is 11.5 Å². The fraction of sp³-hybridized carbons (Fsp3) is 0.0769. The van der Waals surface area contributed by atoms with Crippen molar-refractivity contribution < 1.29 is 9.47 Å². The first kappa shape index (κ1) is 17.4. The van der Waals surface area contributed by atoms with Gasteiger partial charge in [-0.15, -0.1) is 0 Å². The Morgan fingerprint density at radius 2 is 0.966 bits per heavy atom. The van der Waals surface area contributed by atoms with Crippen molar-refractivity contribution >= 4 is 21.8 Å². The van der Waals surface area contributed by atoms with Gasteiger partial charge in [0, 0.05) is 22.9 Å². The van der Waals surface area contributed by atoms with E-state index in [0.717, 1.165) is 44.8 Å². The lowest BCUT2D eigenvalue weighted by Crippen LogP contribution is -1.88. The standard InChI is InChI=1S/C26H21NO2/c1-28-19-13-21(17-9-5-3-6-10-17)25-23(15-19)27-24-16-20(29-2)14-22(26(24)25)18-11-7-4-8-12-18/h3-16,27H,1-2H3. The third kappa shape index (κ3) is 2.92. The van der Waals surface area contributed by atoms with Gasteiger partial charge >= 0.3 is 0 Å². The monoisotopic (exact) mass is 379 g/mol. The Morgan fingerprint density at radius 1 is 0.552 bits per heavy atom. The van der Waals surface area contributed by atoms with Crippen LogP contribution < -0.4 is 9.47 Å². The molecule has 5 aromatic rings. The quantitative estimate of drug-likeness (QED) is 0.378. The zero-order chi connectivity index (χ0) is 19.8. The summed E-state index contributed by atoms with van der Waals surface area (Å²) in [5.41, 5.74) is 6.70. The number of rotatable bonds is 4. The van der Waals surface area contributed by atoms with Crippen LogP contribution in [0.1, 0.15) is 0 Å².